The van der Waals surface area contributed by atoms with Crippen molar-refractivity contribution < 1.29 is 22.7 Å². The van der Waals surface area contributed by atoms with Crippen molar-refractivity contribution >= 4 is 12.0 Å². The molecule has 1 N–H and O–H groups in total. The summed E-state index contributed by atoms with van der Waals surface area (Å²) in [6.45, 7) is -1.41. The number of hydrogen-bond donors (Lipinski definition) is 1. The summed E-state index contributed by atoms with van der Waals surface area (Å²) in [6, 6.07) is 3.33. The van der Waals surface area contributed by atoms with Crippen molar-refractivity contribution in [3.8, 4) is 5.75 Å². The van der Waals surface area contributed by atoms with Gasteiger partial charge in [0.1, 0.15) is 11.6 Å². The van der Waals surface area contributed by atoms with E-state index in [-0.39, 0.29) is 18.2 Å². The molecule has 0 aromatic heterocycles. The van der Waals surface area contributed by atoms with Gasteiger partial charge < -0.3 is 10.1 Å². The van der Waals surface area contributed by atoms with Gasteiger partial charge in [-0.3, -0.25) is 4.79 Å². The second kappa shape index (κ2) is 6.68. The van der Waals surface area contributed by atoms with Crippen molar-refractivity contribution in [1.82, 2.24) is 5.32 Å². The van der Waals surface area contributed by atoms with Gasteiger partial charge in [0.25, 0.3) is 0 Å². The van der Waals surface area contributed by atoms with Crippen molar-refractivity contribution in [3.63, 3.8) is 0 Å². The van der Waals surface area contributed by atoms with E-state index in [1.54, 1.807) is 6.08 Å². The Hall–Kier alpha value is -1.98. The molecule has 0 atom stereocenters. The molecule has 0 unspecified atom stereocenters. The van der Waals surface area contributed by atoms with Crippen LogP contribution in [-0.2, 0) is 4.79 Å². The molecule has 0 fully saturated rings. The number of hydrogen-bond acceptors (Lipinski definition) is 2. The summed E-state index contributed by atoms with van der Waals surface area (Å²) in [5, 5.41) is 2.50. The third kappa shape index (κ3) is 4.90. The smallest absolute Gasteiger partial charge is 0.387 e. The quantitative estimate of drug-likeness (QED) is 0.882. The van der Waals surface area contributed by atoms with Gasteiger partial charge in [-0.2, -0.15) is 8.78 Å². The van der Waals surface area contributed by atoms with Crippen LogP contribution in [0.4, 0.5) is 13.2 Å². The summed E-state index contributed by atoms with van der Waals surface area (Å²) in [5.41, 5.74) is 0.307. The van der Waals surface area contributed by atoms with Crippen LogP contribution in [0.2, 0.25) is 0 Å². The molecule has 0 aliphatic heterocycles. The number of rotatable bonds is 5. The van der Waals surface area contributed by atoms with Gasteiger partial charge in [0.05, 0.1) is 0 Å². The van der Waals surface area contributed by atoms with Gasteiger partial charge in [0, 0.05) is 25.1 Å². The summed E-state index contributed by atoms with van der Waals surface area (Å²) in [4.78, 5) is 10.6. The first-order valence-corrected chi connectivity index (χ1v) is 5.14. The number of carbonyl (C=O) groups is 1. The highest BCUT2D eigenvalue weighted by atomic mass is 19.3. The maximum atomic E-state index is 12.9. The van der Waals surface area contributed by atoms with Gasteiger partial charge in [-0.05, 0) is 12.1 Å². The van der Waals surface area contributed by atoms with Gasteiger partial charge in [0.15, 0.2) is 0 Å². The topological polar surface area (TPSA) is 38.3 Å². The summed E-state index contributed by atoms with van der Waals surface area (Å²) in [7, 11) is 0. The molecule has 0 saturated heterocycles. The van der Waals surface area contributed by atoms with E-state index < -0.39 is 12.4 Å². The van der Waals surface area contributed by atoms with Crippen LogP contribution >= 0.6 is 0 Å². The highest BCUT2D eigenvalue weighted by Crippen LogP contribution is 2.23. The molecule has 0 aliphatic rings. The van der Waals surface area contributed by atoms with Crippen molar-refractivity contribution in [1.29, 1.82) is 0 Å². The molecule has 0 radical (unpaired) electrons. The lowest BCUT2D eigenvalue weighted by atomic mass is 10.2. The number of amides is 1. The van der Waals surface area contributed by atoms with Crippen molar-refractivity contribution in [3.05, 3.63) is 35.7 Å². The van der Waals surface area contributed by atoms with E-state index in [0.29, 0.717) is 5.56 Å². The highest BCUT2D eigenvalue weighted by Gasteiger charge is 2.09. The molecule has 6 heteroatoms. The zero-order valence-corrected chi connectivity index (χ0v) is 9.62. The molecule has 0 saturated carbocycles. The Morgan fingerprint density at radius 2 is 2.22 bits per heavy atom. The molecule has 0 heterocycles. The summed E-state index contributed by atoms with van der Waals surface area (Å²) < 4.78 is 41.3. The van der Waals surface area contributed by atoms with Crippen LogP contribution in [0.5, 0.6) is 5.75 Å². The van der Waals surface area contributed by atoms with Crippen LogP contribution in [0.25, 0.3) is 6.08 Å². The minimum absolute atomic E-state index is 0.206. The molecule has 1 aromatic rings. The Balaban J connectivity index is 2.77. The Kier molecular flexibility index (Phi) is 5.23. The first-order chi connectivity index (χ1) is 8.49. The molecule has 18 heavy (non-hydrogen) atoms. The number of alkyl halides is 2. The minimum Gasteiger partial charge on any atom is -0.434 e. The fourth-order valence-electron chi connectivity index (χ4n) is 1.23. The Bertz CT molecular complexity index is 447. The molecule has 1 amide bonds. The summed E-state index contributed by atoms with van der Waals surface area (Å²) >= 11 is 0. The Morgan fingerprint density at radius 1 is 1.50 bits per heavy atom. The lowest BCUT2D eigenvalue weighted by molar-refractivity contribution is -0.118. The molecule has 0 spiro atoms. The average molecular weight is 259 g/mol. The fourth-order valence-corrected chi connectivity index (χ4v) is 1.23. The van der Waals surface area contributed by atoms with Gasteiger partial charge in [-0.15, -0.1) is 0 Å². The molecule has 98 valence electrons. The van der Waals surface area contributed by atoms with Gasteiger partial charge in [-0.25, -0.2) is 4.39 Å². The lowest BCUT2D eigenvalue weighted by Crippen LogP contribution is -2.19. The van der Waals surface area contributed by atoms with Crippen molar-refractivity contribution in [2.24, 2.45) is 0 Å². The number of nitrogens with one attached hydrogen (secondary N) is 1. The molecule has 0 aliphatic carbocycles. The van der Waals surface area contributed by atoms with Gasteiger partial charge in [0.2, 0.25) is 5.91 Å². The van der Waals surface area contributed by atoms with E-state index in [0.717, 1.165) is 12.1 Å². The predicted octanol–water partition coefficient (Wildman–Crippen LogP) is 2.58. The van der Waals surface area contributed by atoms with Gasteiger partial charge >= 0.3 is 6.61 Å². The Morgan fingerprint density at radius 3 is 2.83 bits per heavy atom. The van der Waals surface area contributed by atoms with Crippen LogP contribution in [0.15, 0.2) is 24.3 Å². The maximum Gasteiger partial charge on any atom is 0.387 e. The lowest BCUT2D eigenvalue weighted by Gasteiger charge is -2.07. The van der Waals surface area contributed by atoms with Crippen LogP contribution in [0, 0.1) is 5.82 Å². The second-order valence-electron chi connectivity index (χ2n) is 3.40. The zero-order valence-electron chi connectivity index (χ0n) is 9.62. The SMILES string of the molecule is CC(=O)NCC=Cc1ccc(F)cc1OC(F)F. The molecule has 3 nitrogen and oxygen atoms in total. The summed E-state index contributed by atoms with van der Waals surface area (Å²) in [5.74, 6) is -1.11. The first-order valence-electron chi connectivity index (χ1n) is 5.14. The van der Waals surface area contributed by atoms with E-state index >= 15 is 0 Å². The third-order valence-corrected chi connectivity index (χ3v) is 1.96. The number of halogens is 3. The second-order valence-corrected chi connectivity index (χ2v) is 3.40. The van der Waals surface area contributed by atoms with E-state index in [4.69, 9.17) is 0 Å². The van der Waals surface area contributed by atoms with Crippen LogP contribution in [0.3, 0.4) is 0 Å². The normalized spacial score (nSPS) is 10.9. The number of benzene rings is 1. The van der Waals surface area contributed by atoms with E-state index in [9.17, 15) is 18.0 Å². The molecular weight excluding hydrogens is 247 g/mol. The number of carbonyl (C=O) groups excluding carboxylic acids is 1. The largest absolute Gasteiger partial charge is 0.434 e. The molecule has 0 bridgehead atoms. The number of ether oxygens (including phenoxy) is 1. The maximum absolute atomic E-state index is 12.9. The van der Waals surface area contributed by atoms with Crippen molar-refractivity contribution in [2.45, 2.75) is 13.5 Å². The zero-order chi connectivity index (χ0) is 13.5. The minimum atomic E-state index is -3.02. The van der Waals surface area contributed by atoms with Crippen LogP contribution in [-0.4, -0.2) is 19.1 Å². The van der Waals surface area contributed by atoms with Crippen LogP contribution < -0.4 is 10.1 Å². The molecule has 1 aromatic carbocycles. The standard InChI is InChI=1S/C12H12F3NO2/c1-8(17)16-6-2-3-9-4-5-10(13)7-11(9)18-12(14)15/h2-5,7,12H,6H2,1H3,(H,16,17). The van der Waals surface area contributed by atoms with E-state index in [1.807, 2.05) is 0 Å². The average Bonchev–Trinajstić information content (AvgIpc) is 2.25. The molecular formula is C12H12F3NO2. The van der Waals surface area contributed by atoms with E-state index in [2.05, 4.69) is 10.1 Å². The third-order valence-electron chi connectivity index (χ3n) is 1.96. The Labute approximate surface area is 102 Å². The van der Waals surface area contributed by atoms with Gasteiger partial charge in [-0.1, -0.05) is 12.2 Å². The first kappa shape index (κ1) is 14.1. The monoisotopic (exact) mass is 259 g/mol. The van der Waals surface area contributed by atoms with Crippen molar-refractivity contribution in [2.75, 3.05) is 6.54 Å². The van der Waals surface area contributed by atoms with Crippen LogP contribution in [0.1, 0.15) is 12.5 Å². The predicted molar refractivity (Wildman–Crippen MR) is 60.7 cm³/mol. The van der Waals surface area contributed by atoms with E-state index in [1.165, 1.54) is 19.1 Å². The fraction of sp³-hybridized carbons (Fsp3) is 0.250. The highest BCUT2D eigenvalue weighted by molar-refractivity contribution is 5.73. The molecule has 1 rings (SSSR count). The summed E-state index contributed by atoms with van der Waals surface area (Å²) in [6.07, 6.45) is 3.01.